The summed E-state index contributed by atoms with van der Waals surface area (Å²) >= 11 is 0. The van der Waals surface area contributed by atoms with E-state index in [2.05, 4.69) is 115 Å². The monoisotopic (exact) mass is 611 g/mol. The summed E-state index contributed by atoms with van der Waals surface area (Å²) in [6.07, 6.45) is 0. The Morgan fingerprint density at radius 2 is 0.500 bits per heavy atom. The summed E-state index contributed by atoms with van der Waals surface area (Å²) in [5.74, 6) is 1.98. The van der Waals surface area contributed by atoms with Crippen molar-refractivity contribution in [2.75, 3.05) is 0 Å². The third-order valence-electron chi connectivity index (χ3n) is 9.05. The van der Waals surface area contributed by atoms with Crippen molar-refractivity contribution in [3.05, 3.63) is 176 Å². The Morgan fingerprint density at radius 3 is 0.938 bits per heavy atom. The number of nitrogens with zero attached hydrogens (tertiary/aromatic N) is 3. The van der Waals surface area contributed by atoms with Gasteiger partial charge in [-0.25, -0.2) is 15.0 Å². The second-order valence-electron chi connectivity index (χ2n) is 12.2. The van der Waals surface area contributed by atoms with Crippen LogP contribution in [0.3, 0.4) is 0 Å². The van der Waals surface area contributed by atoms with Gasteiger partial charge in [-0.05, 0) is 84.9 Å². The molecule has 0 saturated heterocycles. The van der Waals surface area contributed by atoms with Gasteiger partial charge in [0.05, 0.1) is 0 Å². The average molecular weight is 612 g/mol. The molecule has 0 bridgehead atoms. The molecule has 0 radical (unpaired) electrons. The summed E-state index contributed by atoms with van der Waals surface area (Å²) in [7, 11) is 0. The standard InChI is InChI=1S/C45H29N3/c1-3-10-31(11-4-1)43-46-44(32-12-5-2-6-13-32)48-45(47-43)42-24-23-40-28-39(21-22-41(40)29-42)38-20-19-36-26-35(17-18-37(36)27-38)34-16-15-30-9-7-8-14-33(30)25-34/h1-29H. The minimum atomic E-state index is 0.659. The lowest BCUT2D eigenvalue weighted by molar-refractivity contribution is 1.07. The van der Waals surface area contributed by atoms with E-state index in [4.69, 9.17) is 15.0 Å². The Balaban J connectivity index is 1.05. The molecule has 0 amide bonds. The fourth-order valence-corrected chi connectivity index (χ4v) is 6.48. The first-order chi connectivity index (χ1) is 23.7. The number of fused-ring (bicyclic) bond motifs is 3. The first-order valence-corrected chi connectivity index (χ1v) is 16.2. The Labute approximate surface area is 278 Å². The molecule has 48 heavy (non-hydrogen) atoms. The van der Waals surface area contributed by atoms with Crippen LogP contribution >= 0.6 is 0 Å². The van der Waals surface area contributed by atoms with E-state index in [0.29, 0.717) is 17.5 Å². The summed E-state index contributed by atoms with van der Waals surface area (Å²) < 4.78 is 0. The van der Waals surface area contributed by atoms with Crippen LogP contribution in [0.15, 0.2) is 176 Å². The molecule has 3 nitrogen and oxygen atoms in total. The van der Waals surface area contributed by atoms with Crippen LogP contribution in [0, 0.1) is 0 Å². The van der Waals surface area contributed by atoms with Gasteiger partial charge in [0.15, 0.2) is 17.5 Å². The maximum atomic E-state index is 4.92. The molecule has 0 aliphatic rings. The van der Waals surface area contributed by atoms with Gasteiger partial charge < -0.3 is 0 Å². The van der Waals surface area contributed by atoms with Crippen molar-refractivity contribution in [3.8, 4) is 56.4 Å². The molecule has 9 aromatic rings. The molecule has 9 rings (SSSR count). The molecule has 3 heteroatoms. The quantitative estimate of drug-likeness (QED) is 0.194. The Morgan fingerprint density at radius 1 is 0.208 bits per heavy atom. The van der Waals surface area contributed by atoms with Gasteiger partial charge in [0.2, 0.25) is 0 Å². The summed E-state index contributed by atoms with van der Waals surface area (Å²) in [6, 6.07) is 62.0. The van der Waals surface area contributed by atoms with E-state index in [9.17, 15) is 0 Å². The fourth-order valence-electron chi connectivity index (χ4n) is 6.48. The molecule has 0 atom stereocenters. The maximum Gasteiger partial charge on any atom is 0.164 e. The molecule has 0 aliphatic heterocycles. The fraction of sp³-hybridized carbons (Fsp3) is 0. The lowest BCUT2D eigenvalue weighted by Gasteiger charge is -2.10. The second-order valence-corrected chi connectivity index (χ2v) is 12.2. The Hall–Kier alpha value is -6.45. The minimum Gasteiger partial charge on any atom is -0.208 e. The van der Waals surface area contributed by atoms with E-state index in [1.165, 1.54) is 49.2 Å². The van der Waals surface area contributed by atoms with Crippen molar-refractivity contribution in [3.63, 3.8) is 0 Å². The van der Waals surface area contributed by atoms with Gasteiger partial charge in [-0.15, -0.1) is 0 Å². The van der Waals surface area contributed by atoms with Crippen LogP contribution in [-0.2, 0) is 0 Å². The molecule has 1 heterocycles. The molecule has 0 N–H and O–H groups in total. The number of hydrogen-bond donors (Lipinski definition) is 0. The van der Waals surface area contributed by atoms with Crippen molar-refractivity contribution in [2.24, 2.45) is 0 Å². The molecular weight excluding hydrogens is 583 g/mol. The van der Waals surface area contributed by atoms with Crippen LogP contribution in [-0.4, -0.2) is 15.0 Å². The van der Waals surface area contributed by atoms with Crippen LogP contribution in [0.25, 0.3) is 88.7 Å². The van der Waals surface area contributed by atoms with Crippen molar-refractivity contribution in [1.29, 1.82) is 0 Å². The normalized spacial score (nSPS) is 11.3. The lowest BCUT2D eigenvalue weighted by Crippen LogP contribution is -2.00. The smallest absolute Gasteiger partial charge is 0.164 e. The predicted molar refractivity (Wildman–Crippen MR) is 200 cm³/mol. The van der Waals surface area contributed by atoms with E-state index >= 15 is 0 Å². The van der Waals surface area contributed by atoms with Gasteiger partial charge in [-0.3, -0.25) is 0 Å². The highest BCUT2D eigenvalue weighted by atomic mass is 15.0. The van der Waals surface area contributed by atoms with Gasteiger partial charge in [-0.1, -0.05) is 146 Å². The maximum absolute atomic E-state index is 4.92. The van der Waals surface area contributed by atoms with Crippen molar-refractivity contribution >= 4 is 32.3 Å². The van der Waals surface area contributed by atoms with Gasteiger partial charge in [-0.2, -0.15) is 0 Å². The SMILES string of the molecule is c1ccc(-c2nc(-c3ccccc3)nc(-c3ccc4cc(-c5ccc6cc(-c7ccc8ccccc8c7)ccc6c5)ccc4c3)n2)cc1. The van der Waals surface area contributed by atoms with E-state index in [1.807, 2.05) is 60.7 Å². The summed E-state index contributed by atoms with van der Waals surface area (Å²) in [5.41, 5.74) is 7.73. The largest absolute Gasteiger partial charge is 0.208 e. The predicted octanol–water partition coefficient (Wildman–Crippen LogP) is 11.7. The van der Waals surface area contributed by atoms with Gasteiger partial charge in [0.25, 0.3) is 0 Å². The number of hydrogen-bond acceptors (Lipinski definition) is 3. The number of rotatable bonds is 5. The van der Waals surface area contributed by atoms with Crippen LogP contribution in [0.4, 0.5) is 0 Å². The van der Waals surface area contributed by atoms with Gasteiger partial charge in [0, 0.05) is 16.7 Å². The zero-order chi connectivity index (χ0) is 31.9. The molecular formula is C45H29N3. The number of benzene rings is 8. The summed E-state index contributed by atoms with van der Waals surface area (Å²) in [4.78, 5) is 14.7. The van der Waals surface area contributed by atoms with Crippen molar-refractivity contribution in [1.82, 2.24) is 15.0 Å². The molecule has 1 aromatic heterocycles. The molecule has 0 aliphatic carbocycles. The molecule has 0 unspecified atom stereocenters. The zero-order valence-electron chi connectivity index (χ0n) is 26.1. The van der Waals surface area contributed by atoms with Crippen LogP contribution in [0.2, 0.25) is 0 Å². The lowest BCUT2D eigenvalue weighted by atomic mass is 9.95. The summed E-state index contributed by atoms with van der Waals surface area (Å²) in [6.45, 7) is 0. The van der Waals surface area contributed by atoms with Crippen molar-refractivity contribution in [2.45, 2.75) is 0 Å². The Bertz CT molecular complexity index is 2550. The van der Waals surface area contributed by atoms with E-state index in [1.54, 1.807) is 0 Å². The first-order valence-electron chi connectivity index (χ1n) is 16.2. The average Bonchev–Trinajstić information content (AvgIpc) is 3.17. The van der Waals surface area contributed by atoms with Crippen LogP contribution < -0.4 is 0 Å². The van der Waals surface area contributed by atoms with Crippen LogP contribution in [0.5, 0.6) is 0 Å². The van der Waals surface area contributed by atoms with E-state index in [-0.39, 0.29) is 0 Å². The third-order valence-corrected chi connectivity index (χ3v) is 9.05. The molecule has 8 aromatic carbocycles. The highest BCUT2D eigenvalue weighted by Crippen LogP contribution is 2.33. The van der Waals surface area contributed by atoms with Gasteiger partial charge in [0.1, 0.15) is 0 Å². The van der Waals surface area contributed by atoms with Crippen LogP contribution in [0.1, 0.15) is 0 Å². The number of aromatic nitrogens is 3. The Kier molecular flexibility index (Phi) is 6.80. The molecule has 224 valence electrons. The second kappa shape index (κ2) is 11.7. The molecule has 0 fully saturated rings. The topological polar surface area (TPSA) is 38.7 Å². The van der Waals surface area contributed by atoms with E-state index < -0.39 is 0 Å². The molecule has 0 saturated carbocycles. The zero-order valence-corrected chi connectivity index (χ0v) is 26.1. The minimum absolute atomic E-state index is 0.659. The molecule has 0 spiro atoms. The van der Waals surface area contributed by atoms with Gasteiger partial charge >= 0.3 is 0 Å². The first kappa shape index (κ1) is 27.8. The summed E-state index contributed by atoms with van der Waals surface area (Å²) in [5, 5.41) is 7.29. The van der Waals surface area contributed by atoms with E-state index in [0.717, 1.165) is 22.1 Å². The highest BCUT2D eigenvalue weighted by Gasteiger charge is 2.13. The third kappa shape index (κ3) is 5.28. The van der Waals surface area contributed by atoms with Crippen molar-refractivity contribution < 1.29 is 0 Å². The highest BCUT2D eigenvalue weighted by molar-refractivity contribution is 5.95.